The van der Waals surface area contributed by atoms with Crippen molar-refractivity contribution in [2.75, 3.05) is 6.61 Å². The average Bonchev–Trinajstić information content (AvgIpc) is 2.83. The fourth-order valence-electron chi connectivity index (χ4n) is 2.11. The number of fused-ring (bicyclic) bond motifs is 1. The van der Waals surface area contributed by atoms with Crippen LogP contribution >= 0.6 is 34.2 Å². The van der Waals surface area contributed by atoms with Crippen LogP contribution in [0.2, 0.25) is 5.02 Å². The molecule has 0 atom stereocenters. The molecule has 2 aromatic heterocycles. The number of halogens is 2. The van der Waals surface area contributed by atoms with E-state index in [0.29, 0.717) is 18.2 Å². The lowest BCUT2D eigenvalue weighted by molar-refractivity contribution is 0.129. The molecule has 0 radical (unpaired) electrons. The first kappa shape index (κ1) is 14.7. The lowest BCUT2D eigenvalue weighted by atomic mass is 10.1. The largest absolute Gasteiger partial charge is 0.375 e. The van der Waals surface area contributed by atoms with Gasteiger partial charge in [0.05, 0.1) is 20.9 Å². The van der Waals surface area contributed by atoms with Crippen molar-refractivity contribution in [2.45, 2.75) is 13.5 Å². The normalized spacial score (nSPS) is 11.2. The fraction of sp³-hybridized carbons (Fsp3) is 0.200. The molecule has 0 aliphatic rings. The van der Waals surface area contributed by atoms with Crippen LogP contribution in [0.1, 0.15) is 12.6 Å². The van der Waals surface area contributed by atoms with Crippen LogP contribution in [0.5, 0.6) is 0 Å². The van der Waals surface area contributed by atoms with Gasteiger partial charge in [0.15, 0.2) is 5.65 Å². The van der Waals surface area contributed by atoms with Crippen molar-refractivity contribution < 1.29 is 4.74 Å². The molecule has 0 fully saturated rings. The lowest BCUT2D eigenvalue weighted by Gasteiger charge is -2.03. The second-order valence-electron chi connectivity index (χ2n) is 4.45. The Kier molecular flexibility index (Phi) is 4.42. The summed E-state index contributed by atoms with van der Waals surface area (Å²) in [5, 5.41) is 5.36. The topological polar surface area (TPSA) is 39.4 Å². The Bertz CT molecular complexity index is 788. The van der Waals surface area contributed by atoms with Gasteiger partial charge in [0.2, 0.25) is 0 Å². The summed E-state index contributed by atoms with van der Waals surface area (Å²) in [6, 6.07) is 9.62. The monoisotopic (exact) mass is 413 g/mol. The van der Waals surface area contributed by atoms with Crippen LogP contribution in [0, 0.1) is 3.57 Å². The summed E-state index contributed by atoms with van der Waals surface area (Å²) in [5.74, 6) is 0. The van der Waals surface area contributed by atoms with Crippen LogP contribution in [0.15, 0.2) is 36.5 Å². The summed E-state index contributed by atoms with van der Waals surface area (Å²) in [6.07, 6.45) is 1.78. The molecule has 0 amide bonds. The summed E-state index contributed by atoms with van der Waals surface area (Å²) in [7, 11) is 0. The highest BCUT2D eigenvalue weighted by molar-refractivity contribution is 14.1. The van der Waals surface area contributed by atoms with Crippen molar-refractivity contribution in [3.05, 3.63) is 50.8 Å². The molecule has 0 aliphatic carbocycles. The Balaban J connectivity index is 2.18. The first-order valence-electron chi connectivity index (χ1n) is 6.57. The van der Waals surface area contributed by atoms with E-state index >= 15 is 0 Å². The Hall–Kier alpha value is -1.18. The number of aromatic nitrogens is 3. The number of hydrogen-bond donors (Lipinski definition) is 0. The average molecular weight is 414 g/mol. The first-order chi connectivity index (χ1) is 10.2. The number of rotatable bonds is 4. The van der Waals surface area contributed by atoms with Crippen LogP contribution < -0.4 is 0 Å². The Morgan fingerprint density at radius 3 is 2.86 bits per heavy atom. The minimum Gasteiger partial charge on any atom is -0.375 e. The van der Waals surface area contributed by atoms with E-state index in [-0.39, 0.29) is 0 Å². The van der Waals surface area contributed by atoms with Crippen LogP contribution in [0.25, 0.3) is 16.9 Å². The van der Waals surface area contributed by atoms with Gasteiger partial charge in [-0.1, -0.05) is 29.8 Å². The van der Waals surface area contributed by atoms with E-state index in [0.717, 1.165) is 26.2 Å². The summed E-state index contributed by atoms with van der Waals surface area (Å²) < 4.78 is 8.30. The minimum atomic E-state index is 0.509. The molecule has 3 rings (SSSR count). The van der Waals surface area contributed by atoms with E-state index in [1.165, 1.54) is 0 Å². The van der Waals surface area contributed by atoms with Crippen LogP contribution in [-0.2, 0) is 11.3 Å². The smallest absolute Gasteiger partial charge is 0.169 e. The summed E-state index contributed by atoms with van der Waals surface area (Å²) in [6.45, 7) is 3.15. The predicted molar refractivity (Wildman–Crippen MR) is 91.5 cm³/mol. The van der Waals surface area contributed by atoms with Gasteiger partial charge in [0, 0.05) is 18.4 Å². The van der Waals surface area contributed by atoms with Gasteiger partial charge in [-0.3, -0.25) is 0 Å². The van der Waals surface area contributed by atoms with Crippen LogP contribution in [0.3, 0.4) is 0 Å². The molecule has 0 unspecified atom stereocenters. The van der Waals surface area contributed by atoms with Gasteiger partial charge in [-0.05, 0) is 41.6 Å². The van der Waals surface area contributed by atoms with Crippen molar-refractivity contribution in [2.24, 2.45) is 0 Å². The second kappa shape index (κ2) is 6.29. The van der Waals surface area contributed by atoms with Gasteiger partial charge in [-0.25, -0.2) is 9.50 Å². The number of hydrogen-bond acceptors (Lipinski definition) is 3. The zero-order chi connectivity index (χ0) is 14.8. The second-order valence-corrected chi connectivity index (χ2v) is 5.94. The molecular weight excluding hydrogens is 401 g/mol. The standard InChI is InChI=1S/C15H13ClIN3O/c1-2-21-9-10-7-8-18-15-13(17)14(19-20(10)15)11-5-3-4-6-12(11)16/h3-8H,2,9H2,1H3. The highest BCUT2D eigenvalue weighted by Crippen LogP contribution is 2.32. The number of ether oxygens (including phenoxy) is 1. The highest BCUT2D eigenvalue weighted by Gasteiger charge is 2.16. The van der Waals surface area contributed by atoms with Gasteiger partial charge in [-0.2, -0.15) is 5.10 Å². The molecule has 2 heterocycles. The summed E-state index contributed by atoms with van der Waals surface area (Å²) in [5.41, 5.74) is 3.55. The van der Waals surface area contributed by atoms with Crippen molar-refractivity contribution in [1.29, 1.82) is 0 Å². The maximum absolute atomic E-state index is 6.28. The predicted octanol–water partition coefficient (Wildman–Crippen LogP) is 4.19. The molecule has 0 aliphatic heterocycles. The first-order valence-corrected chi connectivity index (χ1v) is 8.02. The molecular formula is C15H13ClIN3O. The minimum absolute atomic E-state index is 0.509. The van der Waals surface area contributed by atoms with E-state index in [4.69, 9.17) is 16.3 Å². The van der Waals surface area contributed by atoms with Crippen LogP contribution in [-0.4, -0.2) is 21.2 Å². The van der Waals surface area contributed by atoms with Gasteiger partial charge in [-0.15, -0.1) is 0 Å². The van der Waals surface area contributed by atoms with E-state index in [9.17, 15) is 0 Å². The zero-order valence-electron chi connectivity index (χ0n) is 11.4. The van der Waals surface area contributed by atoms with E-state index in [1.807, 2.05) is 41.8 Å². The van der Waals surface area contributed by atoms with Gasteiger partial charge >= 0.3 is 0 Å². The molecule has 0 N–H and O–H groups in total. The molecule has 0 saturated heterocycles. The fourth-order valence-corrected chi connectivity index (χ4v) is 3.10. The third-order valence-electron chi connectivity index (χ3n) is 3.12. The van der Waals surface area contributed by atoms with Crippen molar-refractivity contribution in [1.82, 2.24) is 14.6 Å². The van der Waals surface area contributed by atoms with E-state index in [2.05, 4.69) is 32.7 Å². The highest BCUT2D eigenvalue weighted by atomic mass is 127. The quantitative estimate of drug-likeness (QED) is 0.602. The molecule has 0 saturated carbocycles. The Labute approximate surface area is 141 Å². The molecule has 0 bridgehead atoms. The van der Waals surface area contributed by atoms with Gasteiger partial charge in [0.25, 0.3) is 0 Å². The van der Waals surface area contributed by atoms with E-state index < -0.39 is 0 Å². The van der Waals surface area contributed by atoms with Crippen molar-refractivity contribution in [3.8, 4) is 11.3 Å². The summed E-state index contributed by atoms with van der Waals surface area (Å²) >= 11 is 8.55. The molecule has 21 heavy (non-hydrogen) atoms. The van der Waals surface area contributed by atoms with Gasteiger partial charge < -0.3 is 4.74 Å². The Morgan fingerprint density at radius 2 is 2.10 bits per heavy atom. The molecule has 4 nitrogen and oxygen atoms in total. The van der Waals surface area contributed by atoms with E-state index in [1.54, 1.807) is 6.20 Å². The molecule has 6 heteroatoms. The molecule has 1 aromatic carbocycles. The molecule has 108 valence electrons. The SMILES string of the molecule is CCOCc1ccnc2c(I)c(-c3ccccc3Cl)nn12. The Morgan fingerprint density at radius 1 is 1.29 bits per heavy atom. The van der Waals surface area contributed by atoms with Crippen molar-refractivity contribution in [3.63, 3.8) is 0 Å². The third-order valence-corrected chi connectivity index (χ3v) is 4.45. The zero-order valence-corrected chi connectivity index (χ0v) is 14.3. The van der Waals surface area contributed by atoms with Crippen LogP contribution in [0.4, 0.5) is 0 Å². The van der Waals surface area contributed by atoms with Gasteiger partial charge in [0.1, 0.15) is 5.69 Å². The maximum Gasteiger partial charge on any atom is 0.169 e. The third kappa shape index (κ3) is 2.77. The molecule has 0 spiro atoms. The molecule has 3 aromatic rings. The number of nitrogens with zero attached hydrogens (tertiary/aromatic N) is 3. The summed E-state index contributed by atoms with van der Waals surface area (Å²) in [4.78, 5) is 4.42. The maximum atomic E-state index is 6.28. The van der Waals surface area contributed by atoms with Crippen molar-refractivity contribution >= 4 is 39.8 Å². The lowest BCUT2D eigenvalue weighted by Crippen LogP contribution is -2.02. The number of benzene rings is 1.